The highest BCUT2D eigenvalue weighted by molar-refractivity contribution is 7.89. The van der Waals surface area contributed by atoms with E-state index in [0.717, 1.165) is 21.6 Å². The van der Waals surface area contributed by atoms with Crippen molar-refractivity contribution in [3.05, 3.63) is 89.5 Å². The molecule has 1 atom stereocenters. The average molecular weight is 465 g/mol. The molecule has 0 radical (unpaired) electrons. The maximum Gasteiger partial charge on any atom is 0.241 e. The molecule has 3 aromatic rings. The van der Waals surface area contributed by atoms with Crippen LogP contribution in [0, 0.1) is 6.92 Å². The Morgan fingerprint density at radius 2 is 1.55 bits per heavy atom. The molecule has 8 heteroatoms. The maximum absolute atomic E-state index is 13.5. The number of carbonyl (C=O) groups excluding carboxylic acids is 2. The summed E-state index contributed by atoms with van der Waals surface area (Å²) in [5, 5.41) is 0. The van der Waals surface area contributed by atoms with Crippen molar-refractivity contribution in [1.82, 2.24) is 4.72 Å². The molecule has 1 aliphatic rings. The van der Waals surface area contributed by atoms with Crippen molar-refractivity contribution in [2.24, 2.45) is 0 Å². The van der Waals surface area contributed by atoms with Gasteiger partial charge in [0.25, 0.3) is 0 Å². The molecule has 1 unspecified atom stereocenters. The molecule has 0 saturated carbocycles. The van der Waals surface area contributed by atoms with Crippen LogP contribution in [0.2, 0.25) is 0 Å². The SMILES string of the molecule is COc1ccc(S(=O)(=O)NC(c2ccccc2)c2cccc(C)c2)cc1N1C(=O)CCC1=O. The molecule has 3 aromatic carbocycles. The summed E-state index contributed by atoms with van der Waals surface area (Å²) in [6.07, 6.45) is 0.168. The van der Waals surface area contributed by atoms with Crippen LogP contribution in [0.3, 0.4) is 0 Å². The van der Waals surface area contributed by atoms with Gasteiger partial charge in [0.15, 0.2) is 0 Å². The average Bonchev–Trinajstić information content (AvgIpc) is 3.15. The van der Waals surface area contributed by atoms with Crippen LogP contribution in [0.1, 0.15) is 35.6 Å². The van der Waals surface area contributed by atoms with Gasteiger partial charge in [-0.05, 0) is 36.2 Å². The van der Waals surface area contributed by atoms with Crippen LogP contribution < -0.4 is 14.4 Å². The number of imide groups is 1. The van der Waals surface area contributed by atoms with Gasteiger partial charge in [-0.2, -0.15) is 4.72 Å². The van der Waals surface area contributed by atoms with Gasteiger partial charge in [-0.25, -0.2) is 13.3 Å². The minimum atomic E-state index is -4.04. The number of aryl methyl sites for hydroxylation is 1. The molecule has 1 saturated heterocycles. The van der Waals surface area contributed by atoms with E-state index in [-0.39, 0.29) is 41.0 Å². The summed E-state index contributed by atoms with van der Waals surface area (Å²) in [5.74, 6) is -0.527. The van der Waals surface area contributed by atoms with Crippen LogP contribution in [0.25, 0.3) is 0 Å². The van der Waals surface area contributed by atoms with E-state index in [9.17, 15) is 18.0 Å². The van der Waals surface area contributed by atoms with E-state index in [1.165, 1.54) is 25.3 Å². The minimum Gasteiger partial charge on any atom is -0.495 e. The molecule has 1 heterocycles. The number of nitrogens with one attached hydrogen (secondary N) is 1. The summed E-state index contributed by atoms with van der Waals surface area (Å²) in [5.41, 5.74) is 2.71. The zero-order chi connectivity index (χ0) is 23.6. The van der Waals surface area contributed by atoms with Crippen LogP contribution >= 0.6 is 0 Å². The highest BCUT2D eigenvalue weighted by Crippen LogP contribution is 2.35. The predicted octanol–water partition coefficient (Wildman–Crippen LogP) is 3.72. The second kappa shape index (κ2) is 9.17. The molecular weight excluding hydrogens is 440 g/mol. The number of carbonyl (C=O) groups is 2. The molecule has 1 fully saturated rings. The molecule has 0 aromatic heterocycles. The molecule has 33 heavy (non-hydrogen) atoms. The Balaban J connectivity index is 1.76. The highest BCUT2D eigenvalue weighted by atomic mass is 32.2. The molecule has 0 aliphatic carbocycles. The third-order valence-electron chi connectivity index (χ3n) is 5.53. The Hall–Kier alpha value is -3.49. The number of sulfonamides is 1. The Labute approximate surface area is 193 Å². The number of ether oxygens (including phenoxy) is 1. The standard InChI is InChI=1S/C25H24N2O5S/c1-17-7-6-10-19(15-17)25(18-8-4-3-5-9-18)26-33(30,31)20-11-12-22(32-2)21(16-20)27-23(28)13-14-24(27)29/h3-12,15-16,25-26H,13-14H2,1-2H3. The van der Waals surface area contributed by atoms with Crippen molar-refractivity contribution in [3.8, 4) is 5.75 Å². The molecular formula is C25H24N2O5S. The van der Waals surface area contributed by atoms with E-state index in [1.54, 1.807) is 0 Å². The van der Waals surface area contributed by atoms with Crippen molar-refractivity contribution in [1.29, 1.82) is 0 Å². The van der Waals surface area contributed by atoms with E-state index in [4.69, 9.17) is 4.74 Å². The summed E-state index contributed by atoms with van der Waals surface area (Å²) in [7, 11) is -2.63. The van der Waals surface area contributed by atoms with Crippen molar-refractivity contribution in [3.63, 3.8) is 0 Å². The fraction of sp³-hybridized carbons (Fsp3) is 0.200. The topological polar surface area (TPSA) is 92.8 Å². The van der Waals surface area contributed by atoms with Gasteiger partial charge >= 0.3 is 0 Å². The number of methoxy groups -OCH3 is 1. The first kappa shape index (κ1) is 22.7. The molecule has 170 valence electrons. The third-order valence-corrected chi connectivity index (χ3v) is 6.95. The zero-order valence-corrected chi connectivity index (χ0v) is 19.1. The van der Waals surface area contributed by atoms with E-state index in [1.807, 2.05) is 61.5 Å². The molecule has 1 N–H and O–H groups in total. The van der Waals surface area contributed by atoms with Gasteiger partial charge in [0.2, 0.25) is 21.8 Å². The lowest BCUT2D eigenvalue weighted by atomic mass is 9.98. The second-order valence-electron chi connectivity index (χ2n) is 7.84. The second-order valence-corrected chi connectivity index (χ2v) is 9.55. The molecule has 0 spiro atoms. The maximum atomic E-state index is 13.5. The molecule has 7 nitrogen and oxygen atoms in total. The summed E-state index contributed by atoms with van der Waals surface area (Å²) in [6.45, 7) is 1.94. The normalized spacial score (nSPS) is 15.0. The van der Waals surface area contributed by atoms with Gasteiger partial charge < -0.3 is 4.74 Å². The largest absolute Gasteiger partial charge is 0.495 e. The van der Waals surface area contributed by atoms with Gasteiger partial charge in [-0.1, -0.05) is 60.2 Å². The van der Waals surface area contributed by atoms with Crippen LogP contribution in [-0.4, -0.2) is 27.3 Å². The van der Waals surface area contributed by atoms with Gasteiger partial charge in [0.05, 0.1) is 23.7 Å². The van der Waals surface area contributed by atoms with Crippen LogP contribution in [0.15, 0.2) is 77.7 Å². The van der Waals surface area contributed by atoms with Gasteiger partial charge in [-0.15, -0.1) is 0 Å². The monoisotopic (exact) mass is 464 g/mol. The van der Waals surface area contributed by atoms with Crippen molar-refractivity contribution in [2.75, 3.05) is 12.0 Å². The van der Waals surface area contributed by atoms with E-state index < -0.39 is 16.1 Å². The lowest BCUT2D eigenvalue weighted by Crippen LogP contribution is -2.31. The number of rotatable bonds is 7. The first-order valence-electron chi connectivity index (χ1n) is 10.5. The number of benzene rings is 3. The van der Waals surface area contributed by atoms with Gasteiger partial charge in [-0.3, -0.25) is 9.59 Å². The Bertz CT molecular complexity index is 1290. The van der Waals surface area contributed by atoms with Crippen LogP contribution in [0.4, 0.5) is 5.69 Å². The number of hydrogen-bond donors (Lipinski definition) is 1. The molecule has 2 amide bonds. The Kier molecular flexibility index (Phi) is 6.31. The summed E-state index contributed by atoms with van der Waals surface area (Å²) in [6, 6.07) is 20.4. The van der Waals surface area contributed by atoms with Crippen LogP contribution in [-0.2, 0) is 19.6 Å². The molecule has 1 aliphatic heterocycles. The summed E-state index contributed by atoms with van der Waals surface area (Å²) < 4.78 is 35.0. The number of hydrogen-bond acceptors (Lipinski definition) is 5. The van der Waals surface area contributed by atoms with E-state index >= 15 is 0 Å². The third kappa shape index (κ3) is 4.67. The van der Waals surface area contributed by atoms with E-state index in [2.05, 4.69) is 4.72 Å². The van der Waals surface area contributed by atoms with E-state index in [0.29, 0.717) is 0 Å². The van der Waals surface area contributed by atoms with Crippen molar-refractivity contribution < 1.29 is 22.7 Å². The fourth-order valence-corrected chi connectivity index (χ4v) is 5.14. The minimum absolute atomic E-state index is 0.0700. The number of anilines is 1. The zero-order valence-electron chi connectivity index (χ0n) is 18.3. The van der Waals surface area contributed by atoms with Gasteiger partial charge in [0.1, 0.15) is 5.75 Å². The van der Waals surface area contributed by atoms with Crippen molar-refractivity contribution >= 4 is 27.5 Å². The number of nitrogens with zero attached hydrogens (tertiary/aromatic N) is 1. The Morgan fingerprint density at radius 3 is 2.18 bits per heavy atom. The predicted molar refractivity (Wildman–Crippen MR) is 125 cm³/mol. The molecule has 4 rings (SSSR count). The smallest absolute Gasteiger partial charge is 0.241 e. The quantitative estimate of drug-likeness (QED) is 0.538. The first-order chi connectivity index (χ1) is 15.8. The lowest BCUT2D eigenvalue weighted by molar-refractivity contribution is -0.121. The van der Waals surface area contributed by atoms with Gasteiger partial charge in [0, 0.05) is 12.8 Å². The summed E-state index contributed by atoms with van der Waals surface area (Å²) >= 11 is 0. The van der Waals surface area contributed by atoms with Crippen LogP contribution in [0.5, 0.6) is 5.75 Å². The fourth-order valence-electron chi connectivity index (χ4n) is 3.90. The molecule has 0 bridgehead atoms. The van der Waals surface area contributed by atoms with Crippen molar-refractivity contribution in [2.45, 2.75) is 30.7 Å². The highest BCUT2D eigenvalue weighted by Gasteiger charge is 2.33. The lowest BCUT2D eigenvalue weighted by Gasteiger charge is -2.22. The number of amides is 2. The Morgan fingerprint density at radius 1 is 0.879 bits per heavy atom. The summed E-state index contributed by atoms with van der Waals surface area (Å²) in [4.78, 5) is 25.5. The first-order valence-corrected chi connectivity index (χ1v) is 12.0.